The molecule has 0 fully saturated rings. The first-order valence-corrected chi connectivity index (χ1v) is 5.94. The highest BCUT2D eigenvalue weighted by Crippen LogP contribution is 2.29. The highest BCUT2D eigenvalue weighted by atomic mass is 35.5. The largest absolute Gasteiger partial charge is 0.466 e. The lowest BCUT2D eigenvalue weighted by atomic mass is 10.1. The Bertz CT molecular complexity index is 595. The van der Waals surface area contributed by atoms with Crippen LogP contribution in [0.1, 0.15) is 22.1 Å². The number of carbonyl (C=O) groups is 1. The van der Waals surface area contributed by atoms with Crippen molar-refractivity contribution in [2.75, 3.05) is 0 Å². The number of nitrogens with one attached hydrogen (secondary N) is 1. The van der Waals surface area contributed by atoms with Crippen LogP contribution in [0.3, 0.4) is 0 Å². The van der Waals surface area contributed by atoms with E-state index >= 15 is 0 Å². The van der Waals surface area contributed by atoms with E-state index in [1.807, 2.05) is 24.3 Å². The van der Waals surface area contributed by atoms with E-state index in [2.05, 4.69) is 5.32 Å². The molecule has 0 saturated heterocycles. The number of rotatable bonds is 1. The molecule has 3 rings (SSSR count). The number of fused-ring (bicyclic) bond motifs is 1. The second-order valence-electron chi connectivity index (χ2n) is 4.02. The summed E-state index contributed by atoms with van der Waals surface area (Å²) in [5.41, 5.74) is 1.42. The zero-order valence-electron chi connectivity index (χ0n) is 9.39. The van der Waals surface area contributed by atoms with E-state index in [0.717, 1.165) is 5.56 Å². The molecular weight excluding hydrogens is 250 g/mol. The molecule has 18 heavy (non-hydrogen) atoms. The fourth-order valence-electron chi connectivity index (χ4n) is 1.90. The fourth-order valence-corrected chi connectivity index (χ4v) is 2.03. The van der Waals surface area contributed by atoms with Crippen LogP contribution in [0.25, 0.3) is 0 Å². The number of halogens is 1. The number of benzene rings is 2. The van der Waals surface area contributed by atoms with Crippen molar-refractivity contribution in [2.24, 2.45) is 0 Å². The number of amides is 1. The molecule has 2 aromatic rings. The van der Waals surface area contributed by atoms with Gasteiger partial charge in [0.1, 0.15) is 5.75 Å². The molecule has 1 atom stereocenters. The zero-order chi connectivity index (χ0) is 12.5. The van der Waals surface area contributed by atoms with E-state index in [1.165, 1.54) is 0 Å². The highest BCUT2D eigenvalue weighted by molar-refractivity contribution is 6.30. The van der Waals surface area contributed by atoms with Crippen molar-refractivity contribution in [1.82, 2.24) is 5.32 Å². The maximum atomic E-state index is 11.9. The van der Waals surface area contributed by atoms with Crippen LogP contribution < -0.4 is 10.1 Å². The van der Waals surface area contributed by atoms with Gasteiger partial charge in [-0.1, -0.05) is 35.9 Å². The minimum Gasteiger partial charge on any atom is -0.466 e. The van der Waals surface area contributed by atoms with Crippen molar-refractivity contribution in [3.8, 4) is 5.75 Å². The van der Waals surface area contributed by atoms with E-state index < -0.39 is 6.23 Å². The van der Waals surface area contributed by atoms with Crippen molar-refractivity contribution in [3.63, 3.8) is 0 Å². The molecule has 0 radical (unpaired) electrons. The second kappa shape index (κ2) is 4.35. The van der Waals surface area contributed by atoms with Crippen molar-refractivity contribution in [1.29, 1.82) is 0 Å². The second-order valence-corrected chi connectivity index (χ2v) is 4.46. The summed E-state index contributed by atoms with van der Waals surface area (Å²) in [6.45, 7) is 0. The van der Waals surface area contributed by atoms with Gasteiger partial charge >= 0.3 is 0 Å². The molecule has 0 spiro atoms. The summed E-state index contributed by atoms with van der Waals surface area (Å²) in [5.74, 6) is 0.470. The zero-order valence-corrected chi connectivity index (χ0v) is 10.1. The number of para-hydroxylation sites is 1. The topological polar surface area (TPSA) is 38.3 Å². The molecule has 1 aliphatic rings. The smallest absolute Gasteiger partial charge is 0.258 e. The molecule has 90 valence electrons. The van der Waals surface area contributed by atoms with E-state index in [-0.39, 0.29) is 5.91 Å². The van der Waals surface area contributed by atoms with Crippen molar-refractivity contribution >= 4 is 17.5 Å². The Morgan fingerprint density at radius 3 is 2.56 bits per heavy atom. The first-order valence-electron chi connectivity index (χ1n) is 5.56. The Balaban J connectivity index is 1.94. The summed E-state index contributed by atoms with van der Waals surface area (Å²) in [4.78, 5) is 11.9. The summed E-state index contributed by atoms with van der Waals surface area (Å²) in [7, 11) is 0. The van der Waals surface area contributed by atoms with Gasteiger partial charge in [-0.25, -0.2) is 0 Å². The van der Waals surface area contributed by atoms with Crippen molar-refractivity contribution < 1.29 is 9.53 Å². The van der Waals surface area contributed by atoms with Gasteiger partial charge in [-0.2, -0.15) is 0 Å². The van der Waals surface area contributed by atoms with Gasteiger partial charge in [0.05, 0.1) is 5.56 Å². The Kier molecular flexibility index (Phi) is 2.68. The minimum atomic E-state index is -0.468. The van der Waals surface area contributed by atoms with Gasteiger partial charge in [-0.05, 0) is 24.3 Å². The molecule has 3 nitrogen and oxygen atoms in total. The van der Waals surface area contributed by atoms with Gasteiger partial charge in [-0.15, -0.1) is 0 Å². The quantitative estimate of drug-likeness (QED) is 0.854. The molecule has 0 bridgehead atoms. The first-order chi connectivity index (χ1) is 8.74. The van der Waals surface area contributed by atoms with E-state index in [4.69, 9.17) is 16.3 Å². The fraction of sp³-hybridized carbons (Fsp3) is 0.0714. The lowest BCUT2D eigenvalue weighted by molar-refractivity contribution is 0.0756. The number of hydrogen-bond donors (Lipinski definition) is 1. The monoisotopic (exact) mass is 259 g/mol. The lowest BCUT2D eigenvalue weighted by Crippen LogP contribution is -2.36. The van der Waals surface area contributed by atoms with Gasteiger partial charge in [0.15, 0.2) is 6.23 Å². The molecule has 4 heteroatoms. The van der Waals surface area contributed by atoms with Crippen LogP contribution in [0, 0.1) is 0 Å². The molecular formula is C14H10ClNO2. The maximum Gasteiger partial charge on any atom is 0.258 e. The molecule has 1 amide bonds. The third-order valence-electron chi connectivity index (χ3n) is 2.81. The first kappa shape index (κ1) is 11.1. The van der Waals surface area contributed by atoms with Gasteiger partial charge < -0.3 is 10.1 Å². The summed E-state index contributed by atoms with van der Waals surface area (Å²) in [5, 5.41) is 3.46. The Hall–Kier alpha value is -2.00. The summed E-state index contributed by atoms with van der Waals surface area (Å²) in [6.07, 6.45) is -0.468. The van der Waals surface area contributed by atoms with Crippen molar-refractivity contribution in [2.45, 2.75) is 6.23 Å². The third kappa shape index (κ3) is 1.93. The highest BCUT2D eigenvalue weighted by Gasteiger charge is 2.25. The maximum absolute atomic E-state index is 11.9. The molecule has 0 aliphatic carbocycles. The average molecular weight is 260 g/mol. The predicted molar refractivity (Wildman–Crippen MR) is 68.7 cm³/mol. The summed E-state index contributed by atoms with van der Waals surface area (Å²) < 4.78 is 5.75. The molecule has 0 aromatic heterocycles. The molecule has 1 N–H and O–H groups in total. The predicted octanol–water partition coefficient (Wildman–Crippen LogP) is 3.16. The standard InChI is InChI=1S/C14H10ClNO2/c15-10-7-5-9(6-8-10)14-16-13(17)11-3-1-2-4-12(11)18-14/h1-8,14H,(H,16,17)/t14-/m0/s1. The number of hydrogen-bond acceptors (Lipinski definition) is 2. The SMILES string of the molecule is O=C1N[C@H](c2ccc(Cl)cc2)Oc2ccccc21. The van der Waals surface area contributed by atoms with Crippen LogP contribution in [-0.2, 0) is 0 Å². The lowest BCUT2D eigenvalue weighted by Gasteiger charge is -2.26. The Morgan fingerprint density at radius 2 is 1.78 bits per heavy atom. The van der Waals surface area contributed by atoms with Gasteiger partial charge in [-0.3, -0.25) is 4.79 Å². The minimum absolute atomic E-state index is 0.128. The molecule has 0 saturated carbocycles. The molecule has 1 aliphatic heterocycles. The van der Waals surface area contributed by atoms with E-state index in [1.54, 1.807) is 24.3 Å². The van der Waals surface area contributed by atoms with Gasteiger partial charge in [0.2, 0.25) is 0 Å². The van der Waals surface area contributed by atoms with Crippen LogP contribution in [0.5, 0.6) is 5.75 Å². The van der Waals surface area contributed by atoms with Crippen molar-refractivity contribution in [3.05, 3.63) is 64.7 Å². The Morgan fingerprint density at radius 1 is 1.06 bits per heavy atom. The van der Waals surface area contributed by atoms with Crippen LogP contribution >= 0.6 is 11.6 Å². The van der Waals surface area contributed by atoms with E-state index in [9.17, 15) is 4.79 Å². The Labute approximate surface area is 109 Å². The average Bonchev–Trinajstić information content (AvgIpc) is 2.39. The molecule has 0 unspecified atom stereocenters. The molecule has 1 heterocycles. The normalized spacial score (nSPS) is 17.6. The van der Waals surface area contributed by atoms with Gasteiger partial charge in [0.25, 0.3) is 5.91 Å². The third-order valence-corrected chi connectivity index (χ3v) is 3.06. The van der Waals surface area contributed by atoms with Crippen LogP contribution in [0.2, 0.25) is 5.02 Å². The number of carbonyl (C=O) groups excluding carboxylic acids is 1. The van der Waals surface area contributed by atoms with Crippen LogP contribution in [-0.4, -0.2) is 5.91 Å². The van der Waals surface area contributed by atoms with E-state index in [0.29, 0.717) is 16.3 Å². The van der Waals surface area contributed by atoms with Crippen LogP contribution in [0.4, 0.5) is 0 Å². The summed E-state index contributed by atoms with van der Waals surface area (Å²) >= 11 is 5.83. The molecule has 2 aromatic carbocycles. The summed E-state index contributed by atoms with van der Waals surface area (Å²) in [6, 6.07) is 14.4. The van der Waals surface area contributed by atoms with Gasteiger partial charge in [0, 0.05) is 10.6 Å². The number of ether oxygens (including phenoxy) is 1. The van der Waals surface area contributed by atoms with Crippen LogP contribution in [0.15, 0.2) is 48.5 Å².